The molecule has 2 aliphatic heterocycles. The van der Waals surface area contributed by atoms with E-state index in [1.807, 2.05) is 30.3 Å². The van der Waals surface area contributed by atoms with Crippen LogP contribution in [0.3, 0.4) is 0 Å². The number of anilines is 1. The molecule has 0 spiro atoms. The first-order valence-corrected chi connectivity index (χ1v) is 12.3. The zero-order valence-corrected chi connectivity index (χ0v) is 18.1. The summed E-state index contributed by atoms with van der Waals surface area (Å²) in [4.78, 5) is 0.307. The van der Waals surface area contributed by atoms with Gasteiger partial charge < -0.3 is 10.1 Å². The number of ether oxygens (including phenoxy) is 1. The van der Waals surface area contributed by atoms with Crippen LogP contribution in [0.15, 0.2) is 59.5 Å². The minimum Gasteiger partial charge on any atom is -0.378 e. The van der Waals surface area contributed by atoms with E-state index in [-0.39, 0.29) is 18.1 Å². The lowest BCUT2D eigenvalue weighted by molar-refractivity contribution is 0.114. The molecule has 30 heavy (non-hydrogen) atoms. The van der Waals surface area contributed by atoms with Crippen molar-refractivity contribution in [2.75, 3.05) is 18.5 Å². The Labute approximate surface area is 182 Å². The molecule has 2 aromatic rings. The van der Waals surface area contributed by atoms with E-state index in [1.54, 1.807) is 6.07 Å². The van der Waals surface area contributed by atoms with E-state index in [0.29, 0.717) is 24.0 Å². The van der Waals surface area contributed by atoms with Crippen molar-refractivity contribution >= 4 is 27.3 Å². The highest BCUT2D eigenvalue weighted by Crippen LogP contribution is 2.50. The van der Waals surface area contributed by atoms with Gasteiger partial charge in [0.2, 0.25) is 10.0 Å². The van der Waals surface area contributed by atoms with Gasteiger partial charge in [0, 0.05) is 29.8 Å². The Hall–Kier alpha value is -1.86. The standard InChI is InChI=1S/C23H25ClN2O3S/c24-16-5-1-4-15(12-16)23-20-8-2-7-19(20)21-13-18(9-10-22(21)26-23)30(27,28)25-14-17-6-3-11-29-17/h1-2,4-5,7,9-10,12-13,17,19-20,23,25-26H,3,6,8,11,14H2. The average molecular weight is 445 g/mol. The summed E-state index contributed by atoms with van der Waals surface area (Å²) >= 11 is 6.23. The van der Waals surface area contributed by atoms with Gasteiger partial charge in [0.25, 0.3) is 0 Å². The molecular formula is C23H25ClN2O3S. The van der Waals surface area contributed by atoms with Gasteiger partial charge in [-0.15, -0.1) is 0 Å². The number of hydrogen-bond acceptors (Lipinski definition) is 4. The Morgan fingerprint density at radius 2 is 2.10 bits per heavy atom. The number of nitrogens with one attached hydrogen (secondary N) is 2. The van der Waals surface area contributed by atoms with Crippen molar-refractivity contribution in [3.05, 3.63) is 70.8 Å². The lowest BCUT2D eigenvalue weighted by Gasteiger charge is -2.37. The third kappa shape index (κ3) is 3.78. The summed E-state index contributed by atoms with van der Waals surface area (Å²) in [5, 5.41) is 4.36. The van der Waals surface area contributed by atoms with Crippen LogP contribution in [-0.4, -0.2) is 27.7 Å². The zero-order valence-electron chi connectivity index (χ0n) is 16.6. The summed E-state index contributed by atoms with van der Waals surface area (Å²) in [5.74, 6) is 0.507. The minimum atomic E-state index is -3.58. The van der Waals surface area contributed by atoms with Gasteiger partial charge in [-0.3, -0.25) is 0 Å². The molecule has 0 amide bonds. The van der Waals surface area contributed by atoms with Crippen LogP contribution in [-0.2, 0) is 14.8 Å². The van der Waals surface area contributed by atoms with Gasteiger partial charge in [0.1, 0.15) is 0 Å². The molecule has 2 N–H and O–H groups in total. The first-order chi connectivity index (χ1) is 14.5. The molecule has 0 bridgehead atoms. The van der Waals surface area contributed by atoms with Gasteiger partial charge in [-0.1, -0.05) is 35.9 Å². The quantitative estimate of drug-likeness (QED) is 0.660. The maximum Gasteiger partial charge on any atom is 0.240 e. The van der Waals surface area contributed by atoms with Crippen molar-refractivity contribution in [2.24, 2.45) is 5.92 Å². The SMILES string of the molecule is O=S(=O)(NCC1CCCO1)c1ccc2c(c1)C1C=CCC1C(c1cccc(Cl)c1)N2. The third-order valence-electron chi connectivity index (χ3n) is 6.38. The molecule has 5 rings (SSSR count). The fourth-order valence-electron chi connectivity index (χ4n) is 4.86. The summed E-state index contributed by atoms with van der Waals surface area (Å²) < 4.78 is 34.0. The Morgan fingerprint density at radius 1 is 1.20 bits per heavy atom. The van der Waals surface area contributed by atoms with Crippen molar-refractivity contribution in [1.29, 1.82) is 0 Å². The van der Waals surface area contributed by atoms with Gasteiger partial charge >= 0.3 is 0 Å². The highest BCUT2D eigenvalue weighted by molar-refractivity contribution is 7.89. The first kappa shape index (κ1) is 20.1. The third-order valence-corrected chi connectivity index (χ3v) is 8.03. The van der Waals surface area contributed by atoms with E-state index in [2.05, 4.69) is 28.3 Å². The van der Waals surface area contributed by atoms with Crippen molar-refractivity contribution in [3.8, 4) is 0 Å². The van der Waals surface area contributed by atoms with Crippen LogP contribution < -0.4 is 10.0 Å². The van der Waals surface area contributed by atoms with E-state index >= 15 is 0 Å². The fourth-order valence-corrected chi connectivity index (χ4v) is 6.16. The van der Waals surface area contributed by atoms with E-state index < -0.39 is 10.0 Å². The van der Waals surface area contributed by atoms with Crippen molar-refractivity contribution in [3.63, 3.8) is 0 Å². The van der Waals surface area contributed by atoms with E-state index in [1.165, 1.54) is 0 Å². The molecule has 3 aliphatic rings. The normalized spacial score (nSPS) is 27.5. The first-order valence-electron chi connectivity index (χ1n) is 10.5. The highest BCUT2D eigenvalue weighted by atomic mass is 35.5. The van der Waals surface area contributed by atoms with Crippen LogP contribution in [0.25, 0.3) is 0 Å². The summed E-state index contributed by atoms with van der Waals surface area (Å²) in [6.07, 6.45) is 7.21. The molecule has 4 unspecified atom stereocenters. The van der Waals surface area contributed by atoms with E-state index in [0.717, 1.165) is 41.1 Å². The molecule has 7 heteroatoms. The predicted octanol–water partition coefficient (Wildman–Crippen LogP) is 4.62. The smallest absolute Gasteiger partial charge is 0.240 e. The summed E-state index contributed by atoms with van der Waals surface area (Å²) in [6, 6.07) is 13.5. The highest BCUT2D eigenvalue weighted by Gasteiger charge is 2.38. The number of allylic oxidation sites excluding steroid dienone is 2. The molecular weight excluding hydrogens is 420 g/mol. The zero-order chi connectivity index (χ0) is 20.7. The molecule has 0 aromatic heterocycles. The number of rotatable bonds is 5. The molecule has 0 radical (unpaired) electrons. The second-order valence-corrected chi connectivity index (χ2v) is 10.5. The Bertz CT molecular complexity index is 1080. The second-order valence-electron chi connectivity index (χ2n) is 8.27. The lowest BCUT2D eigenvalue weighted by atomic mass is 9.77. The van der Waals surface area contributed by atoms with Crippen LogP contribution in [0, 0.1) is 5.92 Å². The van der Waals surface area contributed by atoms with Gasteiger partial charge in [-0.05, 0) is 66.6 Å². The topological polar surface area (TPSA) is 67.4 Å². The molecule has 0 saturated carbocycles. The second kappa shape index (κ2) is 8.00. The van der Waals surface area contributed by atoms with Crippen LogP contribution in [0.5, 0.6) is 0 Å². The van der Waals surface area contributed by atoms with Gasteiger partial charge in [0.05, 0.1) is 17.0 Å². The Kier molecular flexibility index (Phi) is 5.35. The minimum absolute atomic E-state index is 0.0281. The van der Waals surface area contributed by atoms with Crippen LogP contribution in [0.2, 0.25) is 5.02 Å². The Morgan fingerprint density at radius 3 is 2.90 bits per heavy atom. The monoisotopic (exact) mass is 444 g/mol. The van der Waals surface area contributed by atoms with Crippen LogP contribution >= 0.6 is 11.6 Å². The number of benzene rings is 2. The van der Waals surface area contributed by atoms with Crippen LogP contribution in [0.4, 0.5) is 5.69 Å². The number of hydrogen-bond donors (Lipinski definition) is 2. The van der Waals surface area contributed by atoms with Crippen molar-refractivity contribution < 1.29 is 13.2 Å². The number of sulfonamides is 1. The summed E-state index contributed by atoms with van der Waals surface area (Å²) in [6.45, 7) is 1.03. The van der Waals surface area contributed by atoms with Gasteiger partial charge in [-0.25, -0.2) is 13.1 Å². The summed E-state index contributed by atoms with van der Waals surface area (Å²) in [7, 11) is -3.58. The van der Waals surface area contributed by atoms with Crippen LogP contribution in [0.1, 0.15) is 42.3 Å². The van der Waals surface area contributed by atoms with E-state index in [4.69, 9.17) is 16.3 Å². The molecule has 2 heterocycles. The molecule has 1 saturated heterocycles. The largest absolute Gasteiger partial charge is 0.378 e. The van der Waals surface area contributed by atoms with Gasteiger partial charge in [-0.2, -0.15) is 0 Å². The van der Waals surface area contributed by atoms with Crippen molar-refractivity contribution in [2.45, 2.75) is 42.2 Å². The predicted molar refractivity (Wildman–Crippen MR) is 118 cm³/mol. The lowest BCUT2D eigenvalue weighted by Crippen LogP contribution is -2.32. The molecule has 4 atom stereocenters. The van der Waals surface area contributed by atoms with Gasteiger partial charge in [0.15, 0.2) is 0 Å². The molecule has 2 aromatic carbocycles. The maximum atomic E-state index is 12.9. The Balaban J connectivity index is 1.43. The average Bonchev–Trinajstić information content (AvgIpc) is 3.43. The van der Waals surface area contributed by atoms with E-state index in [9.17, 15) is 8.42 Å². The molecule has 1 fully saturated rings. The fraction of sp³-hybridized carbons (Fsp3) is 0.391. The molecule has 5 nitrogen and oxygen atoms in total. The molecule has 1 aliphatic carbocycles. The number of fused-ring (bicyclic) bond motifs is 3. The molecule has 158 valence electrons. The maximum absolute atomic E-state index is 12.9. The van der Waals surface area contributed by atoms with Crippen molar-refractivity contribution in [1.82, 2.24) is 4.72 Å². The summed E-state index contributed by atoms with van der Waals surface area (Å²) in [5.41, 5.74) is 3.17. The number of halogens is 1.